The second kappa shape index (κ2) is 8.98. The van der Waals surface area contributed by atoms with E-state index in [1.807, 2.05) is 37.3 Å². The van der Waals surface area contributed by atoms with Gasteiger partial charge in [0.25, 0.3) is 0 Å². The third kappa shape index (κ3) is 4.76. The van der Waals surface area contributed by atoms with Crippen molar-refractivity contribution in [3.63, 3.8) is 0 Å². The van der Waals surface area contributed by atoms with Gasteiger partial charge in [-0.1, -0.05) is 30.7 Å². The number of benzene rings is 1. The fourth-order valence-corrected chi connectivity index (χ4v) is 6.74. The van der Waals surface area contributed by atoms with Crippen molar-refractivity contribution in [1.82, 2.24) is 4.98 Å². The molecule has 1 aromatic heterocycles. The van der Waals surface area contributed by atoms with Crippen molar-refractivity contribution in [2.75, 3.05) is 5.75 Å². The third-order valence-electron chi connectivity index (χ3n) is 5.96. The Labute approximate surface area is 183 Å². The van der Waals surface area contributed by atoms with Gasteiger partial charge in [-0.2, -0.15) is 0 Å². The lowest BCUT2D eigenvalue weighted by atomic mass is 9.74. The van der Waals surface area contributed by atoms with Crippen LogP contribution in [0, 0.1) is 0 Å². The van der Waals surface area contributed by atoms with Crippen molar-refractivity contribution in [3.8, 4) is 5.75 Å². The first kappa shape index (κ1) is 21.8. The highest BCUT2D eigenvalue weighted by molar-refractivity contribution is 7.92. The van der Waals surface area contributed by atoms with E-state index in [-0.39, 0.29) is 17.8 Å². The molecule has 0 unspecified atom stereocenters. The van der Waals surface area contributed by atoms with Gasteiger partial charge in [0.2, 0.25) is 0 Å². The highest BCUT2D eigenvalue weighted by Crippen LogP contribution is 2.41. The van der Waals surface area contributed by atoms with Gasteiger partial charge in [0.05, 0.1) is 22.8 Å². The molecule has 2 atom stereocenters. The zero-order valence-electron chi connectivity index (χ0n) is 17.4. The molecule has 0 aliphatic carbocycles. The number of hydrogen-bond acceptors (Lipinski definition) is 6. The Morgan fingerprint density at radius 2 is 2.13 bits per heavy atom. The SMILES string of the molecule is CCC1=C2[C@@H](CC/C(=C/c3cccc(O)c3)c3ccccn3)OB(O)C[C@@H]2S(=O)(=O)C1. The van der Waals surface area contributed by atoms with Crippen LogP contribution < -0.4 is 0 Å². The number of fused-ring (bicyclic) bond motifs is 1. The average molecular weight is 439 g/mol. The van der Waals surface area contributed by atoms with E-state index in [0.29, 0.717) is 19.3 Å². The number of phenolic OH excluding ortho intramolecular Hbond substituents is 1. The van der Waals surface area contributed by atoms with Gasteiger partial charge in [0.1, 0.15) is 5.75 Å². The molecular weight excluding hydrogens is 413 g/mol. The van der Waals surface area contributed by atoms with E-state index in [9.17, 15) is 18.5 Å². The van der Waals surface area contributed by atoms with E-state index in [0.717, 1.165) is 28.0 Å². The highest BCUT2D eigenvalue weighted by Gasteiger charge is 2.47. The molecule has 2 aliphatic rings. The smallest absolute Gasteiger partial charge is 0.456 e. The van der Waals surface area contributed by atoms with Crippen LogP contribution in [0.5, 0.6) is 5.75 Å². The molecule has 0 saturated carbocycles. The van der Waals surface area contributed by atoms with Crippen LogP contribution in [0.25, 0.3) is 11.6 Å². The third-order valence-corrected chi connectivity index (χ3v) is 8.02. The summed E-state index contributed by atoms with van der Waals surface area (Å²) in [7, 11) is -4.37. The summed E-state index contributed by atoms with van der Waals surface area (Å²) >= 11 is 0. The maximum absolute atomic E-state index is 12.6. The molecule has 0 bridgehead atoms. The largest absolute Gasteiger partial charge is 0.508 e. The predicted molar refractivity (Wildman–Crippen MR) is 122 cm³/mol. The first-order valence-electron chi connectivity index (χ1n) is 10.5. The van der Waals surface area contributed by atoms with Gasteiger partial charge in [-0.15, -0.1) is 0 Å². The monoisotopic (exact) mass is 439 g/mol. The number of sulfone groups is 1. The van der Waals surface area contributed by atoms with E-state index >= 15 is 0 Å². The predicted octanol–water partition coefficient (Wildman–Crippen LogP) is 3.49. The van der Waals surface area contributed by atoms with E-state index < -0.39 is 28.3 Å². The van der Waals surface area contributed by atoms with Gasteiger partial charge >= 0.3 is 7.12 Å². The molecule has 0 spiro atoms. The van der Waals surface area contributed by atoms with Gasteiger partial charge in [0.15, 0.2) is 9.84 Å². The lowest BCUT2D eigenvalue weighted by molar-refractivity contribution is 0.171. The minimum Gasteiger partial charge on any atom is -0.508 e. The topological polar surface area (TPSA) is 96.7 Å². The minimum atomic E-state index is -3.29. The fourth-order valence-electron chi connectivity index (χ4n) is 4.52. The number of phenols is 1. The molecular formula is C23H26BNO5S. The zero-order valence-corrected chi connectivity index (χ0v) is 18.3. The standard InChI is InChI=1S/C23H26BNO5S/c1-2-17-15-31(28,29)22-14-24(27)30-21(23(17)22)10-9-18(20-8-3-4-11-25-20)12-16-6-5-7-19(26)13-16/h3-8,11-13,21-22,26-27H,2,9-10,14-15H2,1H3/b18-12-/t21-,22+/m1/s1. The van der Waals surface area contributed by atoms with Crippen molar-refractivity contribution in [3.05, 3.63) is 71.1 Å². The summed E-state index contributed by atoms with van der Waals surface area (Å²) < 4.78 is 31.1. The Hall–Kier alpha value is -2.42. The number of rotatable bonds is 6. The Balaban J connectivity index is 1.63. The van der Waals surface area contributed by atoms with Crippen LogP contribution in [0.2, 0.25) is 6.32 Å². The van der Waals surface area contributed by atoms with Crippen LogP contribution in [-0.4, -0.2) is 47.8 Å². The second-order valence-electron chi connectivity index (χ2n) is 8.04. The molecule has 0 radical (unpaired) electrons. The highest BCUT2D eigenvalue weighted by atomic mass is 32.2. The molecule has 31 heavy (non-hydrogen) atoms. The Morgan fingerprint density at radius 1 is 1.29 bits per heavy atom. The minimum absolute atomic E-state index is 0.0578. The molecule has 2 aromatic rings. The summed E-state index contributed by atoms with van der Waals surface area (Å²) in [5.41, 5.74) is 4.36. The van der Waals surface area contributed by atoms with E-state index in [1.54, 1.807) is 24.4 Å². The van der Waals surface area contributed by atoms with Crippen LogP contribution in [0.1, 0.15) is 37.4 Å². The van der Waals surface area contributed by atoms with Crippen LogP contribution in [0.4, 0.5) is 0 Å². The number of pyridine rings is 1. The Morgan fingerprint density at radius 3 is 2.84 bits per heavy atom. The first-order chi connectivity index (χ1) is 14.9. The van der Waals surface area contributed by atoms with Crippen LogP contribution in [-0.2, 0) is 14.5 Å². The molecule has 2 aliphatic heterocycles. The molecule has 8 heteroatoms. The average Bonchev–Trinajstić information content (AvgIpc) is 3.01. The van der Waals surface area contributed by atoms with Gasteiger partial charge < -0.3 is 14.8 Å². The molecule has 1 fully saturated rings. The van der Waals surface area contributed by atoms with Gasteiger partial charge in [-0.05, 0) is 66.3 Å². The molecule has 1 aromatic carbocycles. The first-order valence-corrected chi connectivity index (χ1v) is 12.3. The Kier molecular flexibility index (Phi) is 6.32. The Bertz CT molecular complexity index is 1110. The van der Waals surface area contributed by atoms with E-state index in [1.165, 1.54) is 0 Å². The molecule has 6 nitrogen and oxygen atoms in total. The van der Waals surface area contributed by atoms with Crippen molar-refractivity contribution >= 4 is 28.6 Å². The van der Waals surface area contributed by atoms with Crippen molar-refractivity contribution in [2.45, 2.75) is 43.9 Å². The van der Waals surface area contributed by atoms with E-state index in [4.69, 9.17) is 4.65 Å². The second-order valence-corrected chi connectivity index (χ2v) is 10.2. The van der Waals surface area contributed by atoms with Gasteiger partial charge in [0, 0.05) is 12.5 Å². The summed E-state index contributed by atoms with van der Waals surface area (Å²) in [6.07, 6.45) is 5.12. The zero-order chi connectivity index (χ0) is 22.0. The molecule has 3 heterocycles. The molecule has 2 N–H and O–H groups in total. The van der Waals surface area contributed by atoms with Crippen molar-refractivity contribution < 1.29 is 23.2 Å². The molecule has 4 rings (SSSR count). The van der Waals surface area contributed by atoms with Crippen molar-refractivity contribution in [1.29, 1.82) is 0 Å². The summed E-state index contributed by atoms with van der Waals surface area (Å²) in [4.78, 5) is 4.47. The molecule has 0 amide bonds. The number of aromatic nitrogens is 1. The maximum Gasteiger partial charge on any atom is 0.456 e. The maximum atomic E-state index is 12.6. The van der Waals surface area contributed by atoms with Gasteiger partial charge in [-0.25, -0.2) is 8.42 Å². The number of aromatic hydroxyl groups is 1. The molecule has 162 valence electrons. The summed E-state index contributed by atoms with van der Waals surface area (Å²) in [5, 5.41) is 19.4. The number of hydrogen-bond donors (Lipinski definition) is 2. The number of allylic oxidation sites excluding steroid dienone is 1. The summed E-state index contributed by atoms with van der Waals surface area (Å²) in [6.45, 7) is 1.96. The lowest BCUT2D eigenvalue weighted by Gasteiger charge is -2.32. The normalized spacial score (nSPS) is 23.2. The summed E-state index contributed by atoms with van der Waals surface area (Å²) in [6, 6.07) is 12.7. The van der Waals surface area contributed by atoms with E-state index in [2.05, 4.69) is 4.98 Å². The van der Waals surface area contributed by atoms with Gasteiger partial charge in [-0.3, -0.25) is 4.98 Å². The van der Waals surface area contributed by atoms with Crippen LogP contribution >= 0.6 is 0 Å². The van der Waals surface area contributed by atoms with Crippen LogP contribution in [0.3, 0.4) is 0 Å². The van der Waals surface area contributed by atoms with Crippen molar-refractivity contribution in [2.24, 2.45) is 0 Å². The van der Waals surface area contributed by atoms with Crippen LogP contribution in [0.15, 0.2) is 59.8 Å². The summed E-state index contributed by atoms with van der Waals surface area (Å²) in [5.74, 6) is 0.243. The number of nitrogens with zero attached hydrogens (tertiary/aromatic N) is 1. The molecule has 1 saturated heterocycles. The fraction of sp³-hybridized carbons (Fsp3) is 0.348. The quantitative estimate of drug-likeness (QED) is 0.529. The lowest BCUT2D eigenvalue weighted by Crippen LogP contribution is -2.41.